The lowest BCUT2D eigenvalue weighted by Crippen LogP contribution is -2.19. The Bertz CT molecular complexity index is 571. The van der Waals surface area contributed by atoms with E-state index in [0.717, 1.165) is 15.4 Å². The van der Waals surface area contributed by atoms with Crippen LogP contribution in [-0.4, -0.2) is 7.05 Å². The third-order valence-corrected chi connectivity index (χ3v) is 4.18. The topological polar surface area (TPSA) is 29.3 Å². The van der Waals surface area contributed by atoms with Gasteiger partial charge in [0.05, 0.1) is 17.9 Å². The van der Waals surface area contributed by atoms with E-state index in [9.17, 15) is 8.78 Å². The van der Waals surface area contributed by atoms with Gasteiger partial charge in [-0.25, -0.2) is 8.78 Å². The summed E-state index contributed by atoms with van der Waals surface area (Å²) < 4.78 is 27.9. The Labute approximate surface area is 116 Å². The van der Waals surface area contributed by atoms with Crippen LogP contribution in [0.1, 0.15) is 4.88 Å². The highest BCUT2D eigenvalue weighted by molar-refractivity contribution is 9.10. The van der Waals surface area contributed by atoms with Gasteiger partial charge in [0.25, 0.3) is 0 Å². The average molecular weight is 333 g/mol. The molecule has 0 aliphatic rings. The molecule has 0 aliphatic carbocycles. The van der Waals surface area contributed by atoms with Gasteiger partial charge in [0, 0.05) is 21.8 Å². The molecule has 2 rings (SSSR count). The summed E-state index contributed by atoms with van der Waals surface area (Å²) in [5.41, 5.74) is 6.02. The summed E-state index contributed by atoms with van der Waals surface area (Å²) in [6.45, 7) is 0.473. The van der Waals surface area contributed by atoms with Crippen molar-refractivity contribution in [3.8, 4) is 0 Å². The van der Waals surface area contributed by atoms with Crippen LogP contribution in [-0.2, 0) is 6.54 Å². The van der Waals surface area contributed by atoms with Gasteiger partial charge in [-0.2, -0.15) is 0 Å². The fourth-order valence-electron chi connectivity index (χ4n) is 1.69. The zero-order valence-electron chi connectivity index (χ0n) is 9.58. The fourth-order valence-corrected chi connectivity index (χ4v) is 3.20. The van der Waals surface area contributed by atoms with Crippen molar-refractivity contribution in [2.45, 2.75) is 6.54 Å². The SMILES string of the molecule is CN(Cc1cc(Br)cs1)c1c(N)ccc(F)c1F. The molecule has 0 unspecified atom stereocenters. The average Bonchev–Trinajstić information content (AvgIpc) is 2.70. The normalized spacial score (nSPS) is 10.7. The van der Waals surface area contributed by atoms with E-state index >= 15 is 0 Å². The smallest absolute Gasteiger partial charge is 0.184 e. The Morgan fingerprint density at radius 1 is 1.39 bits per heavy atom. The highest BCUT2D eigenvalue weighted by atomic mass is 79.9. The molecule has 0 saturated heterocycles. The van der Waals surface area contributed by atoms with Gasteiger partial charge in [0.1, 0.15) is 0 Å². The van der Waals surface area contributed by atoms with Crippen LogP contribution in [0.15, 0.2) is 28.1 Å². The van der Waals surface area contributed by atoms with Gasteiger partial charge in [0.15, 0.2) is 11.6 Å². The molecule has 0 radical (unpaired) electrons. The third-order valence-electron chi connectivity index (χ3n) is 2.50. The van der Waals surface area contributed by atoms with Gasteiger partial charge in [-0.15, -0.1) is 11.3 Å². The zero-order chi connectivity index (χ0) is 13.3. The van der Waals surface area contributed by atoms with Crippen LogP contribution >= 0.6 is 27.3 Å². The Morgan fingerprint density at radius 2 is 2.11 bits per heavy atom. The molecule has 1 aromatic heterocycles. The van der Waals surface area contributed by atoms with Crippen LogP contribution < -0.4 is 10.6 Å². The van der Waals surface area contributed by atoms with E-state index in [1.807, 2.05) is 11.4 Å². The van der Waals surface area contributed by atoms with E-state index in [1.54, 1.807) is 23.3 Å². The number of rotatable bonds is 3. The molecule has 1 aromatic carbocycles. The Morgan fingerprint density at radius 3 is 2.72 bits per heavy atom. The van der Waals surface area contributed by atoms with Crippen molar-refractivity contribution in [2.75, 3.05) is 17.7 Å². The van der Waals surface area contributed by atoms with Gasteiger partial charge in [0.2, 0.25) is 0 Å². The van der Waals surface area contributed by atoms with Gasteiger partial charge in [-0.3, -0.25) is 0 Å². The van der Waals surface area contributed by atoms with E-state index in [1.165, 1.54) is 6.07 Å². The maximum atomic E-state index is 13.7. The fraction of sp³-hybridized carbons (Fsp3) is 0.167. The lowest BCUT2D eigenvalue weighted by atomic mass is 10.2. The third kappa shape index (κ3) is 2.64. The first kappa shape index (κ1) is 13.3. The van der Waals surface area contributed by atoms with E-state index in [4.69, 9.17) is 5.73 Å². The molecular formula is C12H11BrF2N2S. The number of hydrogen-bond donors (Lipinski definition) is 1. The van der Waals surface area contributed by atoms with Crippen molar-refractivity contribution in [3.05, 3.63) is 44.6 Å². The van der Waals surface area contributed by atoms with Crippen molar-refractivity contribution < 1.29 is 8.78 Å². The van der Waals surface area contributed by atoms with Crippen LogP contribution in [0.5, 0.6) is 0 Å². The predicted molar refractivity (Wildman–Crippen MR) is 74.9 cm³/mol. The van der Waals surface area contributed by atoms with Crippen molar-refractivity contribution in [1.82, 2.24) is 0 Å². The number of halogens is 3. The molecule has 6 heteroatoms. The molecule has 2 N–H and O–H groups in total. The molecule has 2 aromatic rings. The summed E-state index contributed by atoms with van der Waals surface area (Å²) in [5.74, 6) is -1.80. The minimum Gasteiger partial charge on any atom is -0.397 e. The van der Waals surface area contributed by atoms with Crippen molar-refractivity contribution in [3.63, 3.8) is 0 Å². The number of nitrogens with two attached hydrogens (primary N) is 1. The predicted octanol–water partition coefficient (Wildman–Crippen LogP) is 4.01. The first-order valence-corrected chi connectivity index (χ1v) is 6.84. The summed E-state index contributed by atoms with van der Waals surface area (Å²) in [5, 5.41) is 1.94. The summed E-state index contributed by atoms with van der Waals surface area (Å²) in [4.78, 5) is 2.64. The maximum absolute atomic E-state index is 13.7. The molecule has 96 valence electrons. The lowest BCUT2D eigenvalue weighted by molar-refractivity contribution is 0.508. The second-order valence-electron chi connectivity index (χ2n) is 3.89. The molecule has 0 fully saturated rings. The molecule has 0 saturated carbocycles. The first-order valence-electron chi connectivity index (χ1n) is 5.16. The second-order valence-corrected chi connectivity index (χ2v) is 5.80. The van der Waals surface area contributed by atoms with E-state index in [2.05, 4.69) is 15.9 Å². The van der Waals surface area contributed by atoms with Crippen molar-refractivity contribution in [2.24, 2.45) is 0 Å². The Kier molecular flexibility index (Phi) is 3.87. The molecule has 18 heavy (non-hydrogen) atoms. The molecule has 0 aliphatic heterocycles. The standard InChI is InChI=1S/C12H11BrF2N2S/c1-17(5-8-4-7(13)6-18-8)12-10(16)3-2-9(14)11(12)15/h2-4,6H,5,16H2,1H3. The zero-order valence-corrected chi connectivity index (χ0v) is 12.0. The minimum absolute atomic E-state index is 0.0968. The van der Waals surface area contributed by atoms with Crippen LogP contribution in [0.4, 0.5) is 20.2 Å². The Balaban J connectivity index is 2.28. The molecular weight excluding hydrogens is 322 g/mol. The van der Waals surface area contributed by atoms with Gasteiger partial charge in [-0.1, -0.05) is 0 Å². The number of thiophene rings is 1. The van der Waals surface area contributed by atoms with Crippen LogP contribution in [0.25, 0.3) is 0 Å². The number of benzene rings is 1. The molecule has 0 bridgehead atoms. The molecule has 0 amide bonds. The van der Waals surface area contributed by atoms with Crippen LogP contribution in [0.3, 0.4) is 0 Å². The number of nitrogens with zero attached hydrogens (tertiary/aromatic N) is 1. The van der Waals surface area contributed by atoms with Gasteiger partial charge in [-0.05, 0) is 34.1 Å². The first-order chi connectivity index (χ1) is 8.49. The largest absolute Gasteiger partial charge is 0.397 e. The molecule has 0 spiro atoms. The maximum Gasteiger partial charge on any atom is 0.184 e. The lowest BCUT2D eigenvalue weighted by Gasteiger charge is -2.21. The van der Waals surface area contributed by atoms with Crippen LogP contribution in [0, 0.1) is 11.6 Å². The summed E-state index contributed by atoms with van der Waals surface area (Å²) in [7, 11) is 1.68. The van der Waals surface area contributed by atoms with Crippen molar-refractivity contribution >= 4 is 38.6 Å². The molecule has 0 atom stereocenters. The number of anilines is 2. The summed E-state index contributed by atoms with van der Waals surface area (Å²) >= 11 is 4.89. The summed E-state index contributed by atoms with van der Waals surface area (Å²) in [6, 6.07) is 4.34. The monoisotopic (exact) mass is 332 g/mol. The highest BCUT2D eigenvalue weighted by Gasteiger charge is 2.16. The quantitative estimate of drug-likeness (QED) is 0.860. The van der Waals surface area contributed by atoms with Crippen molar-refractivity contribution in [1.29, 1.82) is 0 Å². The number of nitrogen functional groups attached to an aromatic ring is 1. The highest BCUT2D eigenvalue weighted by Crippen LogP contribution is 2.30. The van der Waals surface area contributed by atoms with E-state index in [0.29, 0.717) is 6.54 Å². The van der Waals surface area contributed by atoms with E-state index < -0.39 is 11.6 Å². The molecule has 2 nitrogen and oxygen atoms in total. The minimum atomic E-state index is -0.909. The van der Waals surface area contributed by atoms with Gasteiger partial charge >= 0.3 is 0 Å². The Hall–Kier alpha value is -1.14. The van der Waals surface area contributed by atoms with Crippen LogP contribution in [0.2, 0.25) is 0 Å². The number of hydrogen-bond acceptors (Lipinski definition) is 3. The van der Waals surface area contributed by atoms with E-state index in [-0.39, 0.29) is 11.4 Å². The summed E-state index contributed by atoms with van der Waals surface area (Å²) in [6.07, 6.45) is 0. The molecule has 1 heterocycles. The second kappa shape index (κ2) is 5.24. The van der Waals surface area contributed by atoms with Gasteiger partial charge < -0.3 is 10.6 Å².